The summed E-state index contributed by atoms with van der Waals surface area (Å²) in [7, 11) is -3.78. The van der Waals surface area contributed by atoms with Gasteiger partial charge in [0.25, 0.3) is 10.1 Å². The SMILES string of the molecule is CCOC(=O)N1CCCC(OS(=O)(=O)c2ccc(C)cc2)CC1. The van der Waals surface area contributed by atoms with E-state index in [0.717, 1.165) is 5.56 Å². The molecule has 2 rings (SSSR count). The van der Waals surface area contributed by atoms with Crippen molar-refractivity contribution in [1.29, 1.82) is 0 Å². The first-order chi connectivity index (χ1) is 10.9. The van der Waals surface area contributed by atoms with Crippen molar-refractivity contribution >= 4 is 16.2 Å². The average molecular weight is 341 g/mol. The second-order valence-electron chi connectivity index (χ2n) is 5.60. The summed E-state index contributed by atoms with van der Waals surface area (Å²) in [4.78, 5) is 13.5. The number of likely N-dealkylation sites (tertiary alicyclic amines) is 1. The predicted molar refractivity (Wildman–Crippen MR) is 85.7 cm³/mol. The van der Waals surface area contributed by atoms with Crippen LogP contribution < -0.4 is 0 Å². The standard InChI is InChI=1S/C16H23NO5S/c1-3-21-16(18)17-11-4-5-14(10-12-17)22-23(19,20)15-8-6-13(2)7-9-15/h6-9,14H,3-5,10-12H2,1-2H3. The minimum absolute atomic E-state index is 0.162. The van der Waals surface area contributed by atoms with Crippen molar-refractivity contribution in [3.05, 3.63) is 29.8 Å². The fraction of sp³-hybridized carbons (Fsp3) is 0.562. The zero-order chi connectivity index (χ0) is 16.9. The van der Waals surface area contributed by atoms with E-state index in [-0.39, 0.29) is 11.0 Å². The summed E-state index contributed by atoms with van der Waals surface area (Å²) >= 11 is 0. The minimum atomic E-state index is -3.78. The molecule has 1 saturated heterocycles. The molecular weight excluding hydrogens is 318 g/mol. The van der Waals surface area contributed by atoms with Crippen molar-refractivity contribution in [2.45, 2.75) is 44.1 Å². The lowest BCUT2D eigenvalue weighted by Gasteiger charge is -2.19. The monoisotopic (exact) mass is 341 g/mol. The van der Waals surface area contributed by atoms with Gasteiger partial charge in [0.05, 0.1) is 17.6 Å². The van der Waals surface area contributed by atoms with Gasteiger partial charge in [-0.05, 0) is 45.2 Å². The Balaban J connectivity index is 1.98. The van der Waals surface area contributed by atoms with Gasteiger partial charge in [-0.3, -0.25) is 4.18 Å². The number of carbonyl (C=O) groups excluding carboxylic acids is 1. The summed E-state index contributed by atoms with van der Waals surface area (Å²) in [5, 5.41) is 0. The molecule has 6 nitrogen and oxygen atoms in total. The lowest BCUT2D eigenvalue weighted by atomic mass is 10.2. The van der Waals surface area contributed by atoms with Crippen molar-refractivity contribution in [2.75, 3.05) is 19.7 Å². The van der Waals surface area contributed by atoms with Gasteiger partial charge >= 0.3 is 6.09 Å². The first-order valence-electron chi connectivity index (χ1n) is 7.84. The number of amides is 1. The first kappa shape index (κ1) is 17.7. The molecule has 1 amide bonds. The van der Waals surface area contributed by atoms with E-state index in [1.807, 2.05) is 6.92 Å². The zero-order valence-corrected chi connectivity index (χ0v) is 14.3. The van der Waals surface area contributed by atoms with Crippen LogP contribution in [-0.2, 0) is 19.0 Å². The number of carbonyl (C=O) groups is 1. The largest absolute Gasteiger partial charge is 0.450 e. The van der Waals surface area contributed by atoms with Crippen LogP contribution in [-0.4, -0.2) is 45.2 Å². The highest BCUT2D eigenvalue weighted by molar-refractivity contribution is 7.86. The van der Waals surface area contributed by atoms with Crippen LogP contribution in [0, 0.1) is 6.92 Å². The molecule has 0 aromatic heterocycles. The second kappa shape index (κ2) is 7.79. The van der Waals surface area contributed by atoms with E-state index < -0.39 is 16.2 Å². The van der Waals surface area contributed by atoms with E-state index in [1.54, 1.807) is 36.1 Å². The number of nitrogens with zero attached hydrogens (tertiary/aromatic N) is 1. The third-order valence-corrected chi connectivity index (χ3v) is 5.15. The van der Waals surface area contributed by atoms with Crippen LogP contribution >= 0.6 is 0 Å². The molecule has 1 aromatic carbocycles. The molecule has 1 aliphatic heterocycles. The fourth-order valence-electron chi connectivity index (χ4n) is 2.50. The molecule has 23 heavy (non-hydrogen) atoms. The predicted octanol–water partition coefficient (Wildman–Crippen LogP) is 2.71. The Morgan fingerprint density at radius 3 is 2.57 bits per heavy atom. The molecule has 128 valence electrons. The van der Waals surface area contributed by atoms with Gasteiger partial charge in [0.15, 0.2) is 0 Å². The molecule has 1 fully saturated rings. The Bertz CT molecular complexity index is 626. The molecule has 0 radical (unpaired) electrons. The van der Waals surface area contributed by atoms with Gasteiger partial charge in [0.2, 0.25) is 0 Å². The van der Waals surface area contributed by atoms with E-state index in [0.29, 0.717) is 39.0 Å². The molecule has 0 N–H and O–H groups in total. The summed E-state index contributed by atoms with van der Waals surface area (Å²) in [5.41, 5.74) is 0.989. The first-order valence-corrected chi connectivity index (χ1v) is 9.25. The number of hydrogen-bond acceptors (Lipinski definition) is 5. The van der Waals surface area contributed by atoms with Crippen LogP contribution in [0.5, 0.6) is 0 Å². The van der Waals surface area contributed by atoms with Gasteiger partial charge in [-0.1, -0.05) is 17.7 Å². The molecule has 1 aromatic rings. The van der Waals surface area contributed by atoms with Crippen molar-refractivity contribution < 1.29 is 22.1 Å². The molecule has 0 saturated carbocycles. The Morgan fingerprint density at radius 1 is 1.22 bits per heavy atom. The Hall–Kier alpha value is -1.60. The highest BCUT2D eigenvalue weighted by atomic mass is 32.2. The summed E-state index contributed by atoms with van der Waals surface area (Å²) < 4.78 is 35.0. The fourth-order valence-corrected chi connectivity index (χ4v) is 3.63. The van der Waals surface area contributed by atoms with Gasteiger partial charge in [0, 0.05) is 13.1 Å². The van der Waals surface area contributed by atoms with E-state index in [9.17, 15) is 13.2 Å². The molecule has 7 heteroatoms. The number of rotatable bonds is 4. The smallest absolute Gasteiger partial charge is 0.409 e. The van der Waals surface area contributed by atoms with E-state index in [4.69, 9.17) is 8.92 Å². The van der Waals surface area contributed by atoms with Gasteiger partial charge in [-0.15, -0.1) is 0 Å². The normalized spacial score (nSPS) is 19.2. The van der Waals surface area contributed by atoms with Crippen LogP contribution in [0.15, 0.2) is 29.2 Å². The maximum absolute atomic E-state index is 12.3. The maximum Gasteiger partial charge on any atom is 0.409 e. The molecular formula is C16H23NO5S. The topological polar surface area (TPSA) is 72.9 Å². The Labute approximate surface area is 137 Å². The second-order valence-corrected chi connectivity index (χ2v) is 7.17. The van der Waals surface area contributed by atoms with Gasteiger partial charge < -0.3 is 9.64 Å². The average Bonchev–Trinajstić information content (AvgIpc) is 2.73. The van der Waals surface area contributed by atoms with Gasteiger partial charge in [0.1, 0.15) is 0 Å². The highest BCUT2D eigenvalue weighted by Gasteiger charge is 2.26. The van der Waals surface area contributed by atoms with Crippen molar-refractivity contribution in [1.82, 2.24) is 4.90 Å². The molecule has 1 aliphatic rings. The van der Waals surface area contributed by atoms with Crippen molar-refractivity contribution in [2.24, 2.45) is 0 Å². The van der Waals surface area contributed by atoms with Crippen LogP contribution in [0.3, 0.4) is 0 Å². The van der Waals surface area contributed by atoms with Crippen LogP contribution in [0.25, 0.3) is 0 Å². The highest BCUT2D eigenvalue weighted by Crippen LogP contribution is 2.21. The van der Waals surface area contributed by atoms with Crippen LogP contribution in [0.4, 0.5) is 4.79 Å². The molecule has 0 aliphatic carbocycles. The number of aryl methyl sites for hydroxylation is 1. The summed E-state index contributed by atoms with van der Waals surface area (Å²) in [6.45, 7) is 4.98. The van der Waals surface area contributed by atoms with E-state index in [1.165, 1.54) is 0 Å². The Kier molecular flexibility index (Phi) is 6.01. The third-order valence-electron chi connectivity index (χ3n) is 3.77. The molecule has 0 bridgehead atoms. The van der Waals surface area contributed by atoms with Gasteiger partial charge in [-0.2, -0.15) is 8.42 Å². The summed E-state index contributed by atoms with van der Waals surface area (Å²) in [6, 6.07) is 6.58. The van der Waals surface area contributed by atoms with E-state index in [2.05, 4.69) is 0 Å². The minimum Gasteiger partial charge on any atom is -0.450 e. The molecule has 1 atom stereocenters. The number of benzene rings is 1. The van der Waals surface area contributed by atoms with Crippen molar-refractivity contribution in [3.63, 3.8) is 0 Å². The lowest BCUT2D eigenvalue weighted by Crippen LogP contribution is -2.33. The summed E-state index contributed by atoms with van der Waals surface area (Å²) in [6.07, 6.45) is 0.993. The van der Waals surface area contributed by atoms with E-state index >= 15 is 0 Å². The van der Waals surface area contributed by atoms with Crippen LogP contribution in [0.1, 0.15) is 31.7 Å². The maximum atomic E-state index is 12.3. The summed E-state index contributed by atoms with van der Waals surface area (Å²) in [5.74, 6) is 0. The molecule has 1 unspecified atom stereocenters. The van der Waals surface area contributed by atoms with Gasteiger partial charge in [-0.25, -0.2) is 4.79 Å². The third kappa shape index (κ3) is 4.94. The molecule has 1 heterocycles. The number of ether oxygens (including phenoxy) is 1. The van der Waals surface area contributed by atoms with Crippen molar-refractivity contribution in [3.8, 4) is 0 Å². The zero-order valence-electron chi connectivity index (χ0n) is 13.5. The Morgan fingerprint density at radius 2 is 1.91 bits per heavy atom. The molecule has 0 spiro atoms. The van der Waals surface area contributed by atoms with Crippen LogP contribution in [0.2, 0.25) is 0 Å². The quantitative estimate of drug-likeness (QED) is 0.787. The number of hydrogen-bond donors (Lipinski definition) is 0. The lowest BCUT2D eigenvalue weighted by molar-refractivity contribution is 0.107.